The second-order valence-corrected chi connectivity index (χ2v) is 3.24. The zero-order valence-electron chi connectivity index (χ0n) is 8.70. The van der Waals surface area contributed by atoms with Crippen molar-refractivity contribution in [2.45, 2.75) is 6.92 Å². The number of nitrogens with one attached hydrogen (secondary N) is 1. The van der Waals surface area contributed by atoms with Gasteiger partial charge in [-0.3, -0.25) is 4.79 Å². The van der Waals surface area contributed by atoms with Crippen LogP contribution in [-0.4, -0.2) is 23.5 Å². The summed E-state index contributed by atoms with van der Waals surface area (Å²) in [7, 11) is 0. The third-order valence-electron chi connectivity index (χ3n) is 1.98. The normalized spacial score (nSPS) is 11.2. The van der Waals surface area contributed by atoms with Gasteiger partial charge in [-0.25, -0.2) is 4.39 Å². The third kappa shape index (κ3) is 2.94. The molecule has 0 unspecified atom stereocenters. The molecular weight excluding hydrogens is 213 g/mol. The molecule has 6 heteroatoms. The summed E-state index contributed by atoms with van der Waals surface area (Å²) in [6, 6.07) is 4.01. The molecule has 0 fully saturated rings. The molecule has 0 spiro atoms. The number of hydrogen-bond acceptors (Lipinski definition) is 3. The molecule has 1 aromatic carbocycles. The number of rotatable bonds is 3. The number of amides is 1. The Balaban J connectivity index is 2.70. The molecule has 4 N–H and O–H groups in total. The molecule has 5 nitrogen and oxygen atoms in total. The lowest BCUT2D eigenvalue weighted by Gasteiger charge is -2.05. The van der Waals surface area contributed by atoms with E-state index in [4.69, 9.17) is 10.9 Å². The summed E-state index contributed by atoms with van der Waals surface area (Å²) in [4.78, 5) is 11.5. The van der Waals surface area contributed by atoms with Gasteiger partial charge in [0.2, 0.25) is 0 Å². The molecule has 0 atom stereocenters. The molecule has 1 aromatic rings. The third-order valence-corrected chi connectivity index (χ3v) is 1.98. The van der Waals surface area contributed by atoms with Crippen molar-refractivity contribution in [1.82, 2.24) is 5.32 Å². The van der Waals surface area contributed by atoms with Crippen molar-refractivity contribution >= 4 is 11.7 Å². The first-order chi connectivity index (χ1) is 7.54. The van der Waals surface area contributed by atoms with Crippen molar-refractivity contribution in [3.05, 3.63) is 35.1 Å². The lowest BCUT2D eigenvalue weighted by molar-refractivity contribution is 0.0959. The van der Waals surface area contributed by atoms with Crippen molar-refractivity contribution in [2.75, 3.05) is 6.54 Å². The van der Waals surface area contributed by atoms with Crippen LogP contribution >= 0.6 is 0 Å². The standard InChI is InChI=1S/C10H12FN3O2/c1-6-4-7(2-3-8(6)11)10(15)13-5-9(12)14-16/h2-4,16H,5H2,1H3,(H2,12,14)(H,13,15). The van der Waals surface area contributed by atoms with Crippen LogP contribution in [0.25, 0.3) is 0 Å². The molecule has 0 aliphatic carbocycles. The number of hydrogen-bond donors (Lipinski definition) is 3. The summed E-state index contributed by atoms with van der Waals surface area (Å²) in [6.45, 7) is 1.50. The van der Waals surface area contributed by atoms with E-state index in [0.29, 0.717) is 11.1 Å². The topological polar surface area (TPSA) is 87.7 Å². The SMILES string of the molecule is Cc1cc(C(=O)NCC(N)=NO)ccc1F. The summed E-state index contributed by atoms with van der Waals surface area (Å²) >= 11 is 0. The number of halogens is 1. The van der Waals surface area contributed by atoms with E-state index >= 15 is 0 Å². The monoisotopic (exact) mass is 225 g/mol. The number of oxime groups is 1. The van der Waals surface area contributed by atoms with Crippen LogP contribution in [0, 0.1) is 12.7 Å². The van der Waals surface area contributed by atoms with Gasteiger partial charge >= 0.3 is 0 Å². The number of nitrogens with two attached hydrogens (primary N) is 1. The molecule has 0 radical (unpaired) electrons. The number of carbonyl (C=O) groups excluding carboxylic acids is 1. The van der Waals surface area contributed by atoms with Crippen LogP contribution < -0.4 is 11.1 Å². The summed E-state index contributed by atoms with van der Waals surface area (Å²) in [5, 5.41) is 13.4. The van der Waals surface area contributed by atoms with Gasteiger partial charge in [0.05, 0.1) is 6.54 Å². The molecule has 0 saturated heterocycles. The van der Waals surface area contributed by atoms with Gasteiger partial charge in [-0.1, -0.05) is 5.16 Å². The zero-order chi connectivity index (χ0) is 12.1. The first-order valence-electron chi connectivity index (χ1n) is 4.55. The highest BCUT2D eigenvalue weighted by Crippen LogP contribution is 2.08. The van der Waals surface area contributed by atoms with Crippen LogP contribution in [0.5, 0.6) is 0 Å². The van der Waals surface area contributed by atoms with Crippen LogP contribution in [0.1, 0.15) is 15.9 Å². The van der Waals surface area contributed by atoms with Crippen molar-refractivity contribution in [3.8, 4) is 0 Å². The molecular formula is C10H12FN3O2. The van der Waals surface area contributed by atoms with Crippen molar-refractivity contribution in [1.29, 1.82) is 0 Å². The van der Waals surface area contributed by atoms with Gasteiger partial charge in [-0.05, 0) is 30.7 Å². The fourth-order valence-electron chi connectivity index (χ4n) is 1.09. The second kappa shape index (κ2) is 5.11. The maximum atomic E-state index is 12.9. The van der Waals surface area contributed by atoms with E-state index in [9.17, 15) is 9.18 Å². The second-order valence-electron chi connectivity index (χ2n) is 3.24. The van der Waals surface area contributed by atoms with Crippen LogP contribution in [0.2, 0.25) is 0 Å². The minimum Gasteiger partial charge on any atom is -0.409 e. The predicted molar refractivity (Wildman–Crippen MR) is 56.9 cm³/mol. The molecule has 0 aliphatic heterocycles. The lowest BCUT2D eigenvalue weighted by Crippen LogP contribution is -2.33. The van der Waals surface area contributed by atoms with Gasteiger partial charge in [0.25, 0.3) is 5.91 Å². The number of amidine groups is 1. The van der Waals surface area contributed by atoms with Gasteiger partial charge in [0.1, 0.15) is 5.82 Å². The van der Waals surface area contributed by atoms with E-state index < -0.39 is 5.91 Å². The van der Waals surface area contributed by atoms with E-state index in [0.717, 1.165) is 0 Å². The Labute approximate surface area is 91.8 Å². The first kappa shape index (κ1) is 12.0. The summed E-state index contributed by atoms with van der Waals surface area (Å²) in [6.07, 6.45) is 0. The van der Waals surface area contributed by atoms with Gasteiger partial charge in [-0.15, -0.1) is 0 Å². The number of carbonyl (C=O) groups is 1. The predicted octanol–water partition coefficient (Wildman–Crippen LogP) is 0.610. The highest BCUT2D eigenvalue weighted by molar-refractivity contribution is 5.97. The van der Waals surface area contributed by atoms with Crippen molar-refractivity contribution in [3.63, 3.8) is 0 Å². The summed E-state index contributed by atoms with van der Waals surface area (Å²) < 4.78 is 12.9. The molecule has 0 heterocycles. The molecule has 1 amide bonds. The van der Waals surface area contributed by atoms with Gasteiger partial charge in [0, 0.05) is 5.56 Å². The van der Waals surface area contributed by atoms with Gasteiger partial charge in [-0.2, -0.15) is 0 Å². The smallest absolute Gasteiger partial charge is 0.251 e. The minimum absolute atomic E-state index is 0.0637. The number of nitrogens with zero attached hydrogens (tertiary/aromatic N) is 1. The van der Waals surface area contributed by atoms with Crippen LogP contribution in [-0.2, 0) is 0 Å². The Bertz CT molecular complexity index is 432. The number of aryl methyl sites for hydroxylation is 1. The zero-order valence-corrected chi connectivity index (χ0v) is 8.70. The lowest BCUT2D eigenvalue weighted by atomic mass is 10.1. The van der Waals surface area contributed by atoms with Crippen LogP contribution in [0.4, 0.5) is 4.39 Å². The van der Waals surface area contributed by atoms with E-state index in [1.807, 2.05) is 0 Å². The summed E-state index contributed by atoms with van der Waals surface area (Å²) in [5.74, 6) is -0.880. The van der Waals surface area contributed by atoms with Crippen molar-refractivity contribution in [2.24, 2.45) is 10.9 Å². The first-order valence-corrected chi connectivity index (χ1v) is 4.55. The van der Waals surface area contributed by atoms with Crippen molar-refractivity contribution < 1.29 is 14.4 Å². The Morgan fingerprint density at radius 1 is 1.62 bits per heavy atom. The van der Waals surface area contributed by atoms with Gasteiger partial charge in [0.15, 0.2) is 5.84 Å². The van der Waals surface area contributed by atoms with E-state index in [1.54, 1.807) is 6.92 Å². The largest absolute Gasteiger partial charge is 0.409 e. The Morgan fingerprint density at radius 3 is 2.88 bits per heavy atom. The fourth-order valence-corrected chi connectivity index (χ4v) is 1.09. The van der Waals surface area contributed by atoms with E-state index in [2.05, 4.69) is 10.5 Å². The molecule has 0 aliphatic rings. The maximum absolute atomic E-state index is 12.9. The molecule has 0 aromatic heterocycles. The molecule has 86 valence electrons. The maximum Gasteiger partial charge on any atom is 0.251 e. The van der Waals surface area contributed by atoms with E-state index in [-0.39, 0.29) is 18.2 Å². The highest BCUT2D eigenvalue weighted by atomic mass is 19.1. The average Bonchev–Trinajstić information content (AvgIpc) is 2.29. The molecule has 1 rings (SSSR count). The average molecular weight is 225 g/mol. The fraction of sp³-hybridized carbons (Fsp3) is 0.200. The Morgan fingerprint density at radius 2 is 2.31 bits per heavy atom. The Hall–Kier alpha value is -2.11. The van der Waals surface area contributed by atoms with E-state index in [1.165, 1.54) is 18.2 Å². The Kier molecular flexibility index (Phi) is 3.82. The quantitative estimate of drug-likeness (QED) is 0.305. The highest BCUT2D eigenvalue weighted by Gasteiger charge is 2.07. The van der Waals surface area contributed by atoms with Crippen LogP contribution in [0.15, 0.2) is 23.4 Å². The minimum atomic E-state index is -0.408. The van der Waals surface area contributed by atoms with Crippen LogP contribution in [0.3, 0.4) is 0 Å². The molecule has 0 saturated carbocycles. The molecule has 16 heavy (non-hydrogen) atoms. The molecule has 0 bridgehead atoms. The number of benzene rings is 1. The van der Waals surface area contributed by atoms with Gasteiger partial charge < -0.3 is 16.3 Å². The summed E-state index contributed by atoms with van der Waals surface area (Å²) in [5.41, 5.74) is 5.89.